The Bertz CT molecular complexity index is 1050. The van der Waals surface area contributed by atoms with Gasteiger partial charge in [0, 0.05) is 25.4 Å². The number of carbonyl (C=O) groups is 2. The zero-order chi connectivity index (χ0) is 20.5. The van der Waals surface area contributed by atoms with Gasteiger partial charge in [-0.25, -0.2) is 9.97 Å². The Kier molecular flexibility index (Phi) is 6.87. The van der Waals surface area contributed by atoms with Crippen molar-refractivity contribution in [3.05, 3.63) is 47.0 Å². The molecule has 3 heterocycles. The summed E-state index contributed by atoms with van der Waals surface area (Å²) in [6.07, 6.45) is 0. The molecule has 1 saturated heterocycles. The van der Waals surface area contributed by atoms with Gasteiger partial charge in [0.1, 0.15) is 6.04 Å². The maximum absolute atomic E-state index is 13.3. The van der Waals surface area contributed by atoms with Crippen LogP contribution in [0, 0.1) is 6.92 Å². The molecule has 1 aliphatic heterocycles. The molecule has 10 heteroatoms. The van der Waals surface area contributed by atoms with Crippen LogP contribution < -0.4 is 10.2 Å². The fourth-order valence-electron chi connectivity index (χ4n) is 3.39. The summed E-state index contributed by atoms with van der Waals surface area (Å²) >= 11 is 2.84. The summed E-state index contributed by atoms with van der Waals surface area (Å²) in [4.78, 5) is 38.4. The second kappa shape index (κ2) is 9.22. The average Bonchev–Trinajstić information content (AvgIpc) is 3.29. The molecule has 0 saturated carbocycles. The highest BCUT2D eigenvalue weighted by molar-refractivity contribution is 7.20. The molecule has 1 unspecified atom stereocenters. The zero-order valence-electron chi connectivity index (χ0n) is 16.8. The van der Waals surface area contributed by atoms with E-state index >= 15 is 0 Å². The number of aryl methyl sites for hydroxylation is 1. The van der Waals surface area contributed by atoms with Gasteiger partial charge in [0.05, 0.1) is 16.3 Å². The molecular weight excluding hydrogens is 442 g/mol. The van der Waals surface area contributed by atoms with E-state index in [-0.39, 0.29) is 30.3 Å². The van der Waals surface area contributed by atoms with Crippen molar-refractivity contribution >= 4 is 57.2 Å². The van der Waals surface area contributed by atoms with Crippen LogP contribution in [0.4, 0.5) is 10.3 Å². The fourth-order valence-corrected chi connectivity index (χ4v) is 5.28. The molecule has 7 nitrogen and oxygen atoms in total. The molecule has 1 aromatic carbocycles. The Hall–Kier alpha value is -2.33. The van der Waals surface area contributed by atoms with E-state index in [9.17, 15) is 9.59 Å². The van der Waals surface area contributed by atoms with E-state index in [1.807, 2.05) is 49.7 Å². The van der Waals surface area contributed by atoms with Crippen LogP contribution in [0.15, 0.2) is 35.7 Å². The minimum Gasteiger partial charge on any atom is -0.302 e. The Morgan fingerprint density at radius 1 is 1.20 bits per heavy atom. The van der Waals surface area contributed by atoms with E-state index in [4.69, 9.17) is 4.98 Å². The van der Waals surface area contributed by atoms with Crippen LogP contribution in [-0.2, 0) is 9.59 Å². The number of hydrogen-bond donors (Lipinski definition) is 1. The summed E-state index contributed by atoms with van der Waals surface area (Å²) in [5.41, 5.74) is 2.57. The van der Waals surface area contributed by atoms with Gasteiger partial charge in [-0.2, -0.15) is 0 Å². The first-order valence-corrected chi connectivity index (χ1v) is 10.9. The fraction of sp³-hybridized carbons (Fsp3) is 0.300. The molecule has 0 aliphatic carbocycles. The molecule has 3 aromatic rings. The van der Waals surface area contributed by atoms with Crippen LogP contribution in [0.3, 0.4) is 0 Å². The van der Waals surface area contributed by atoms with E-state index < -0.39 is 0 Å². The average molecular weight is 464 g/mol. The van der Waals surface area contributed by atoms with Crippen LogP contribution in [0.25, 0.3) is 10.6 Å². The lowest BCUT2D eigenvalue weighted by atomic mass is 10.0. The van der Waals surface area contributed by atoms with Gasteiger partial charge < -0.3 is 5.32 Å². The Balaban J connectivity index is 0.00000256. The van der Waals surface area contributed by atoms with E-state index in [1.54, 1.807) is 4.90 Å². The summed E-state index contributed by atoms with van der Waals surface area (Å²) in [6.45, 7) is 4.72. The molecule has 1 N–H and O–H groups in total. The van der Waals surface area contributed by atoms with Gasteiger partial charge in [-0.3, -0.25) is 19.4 Å². The number of benzene rings is 1. The Morgan fingerprint density at radius 2 is 1.93 bits per heavy atom. The van der Waals surface area contributed by atoms with Crippen molar-refractivity contribution in [1.29, 1.82) is 0 Å². The number of hydrogen-bond acceptors (Lipinski definition) is 7. The van der Waals surface area contributed by atoms with Gasteiger partial charge in [0.2, 0.25) is 5.91 Å². The van der Waals surface area contributed by atoms with E-state index in [0.717, 1.165) is 28.4 Å². The molecule has 2 amide bonds. The largest absolute Gasteiger partial charge is 0.302 e. The normalized spacial score (nSPS) is 17.0. The number of carbonyl (C=O) groups excluding carboxylic acids is 2. The van der Waals surface area contributed by atoms with E-state index in [0.29, 0.717) is 16.8 Å². The quantitative estimate of drug-likeness (QED) is 0.633. The van der Waals surface area contributed by atoms with E-state index in [1.165, 1.54) is 29.6 Å². The number of amides is 2. The number of likely N-dealkylation sites (N-methyl/N-ethyl adjacent to an activating group) is 1. The van der Waals surface area contributed by atoms with Crippen LogP contribution >= 0.6 is 35.1 Å². The molecular formula is C20H22ClN5O2S2. The standard InChI is InChI=1S/C20H21N5O2S2.ClH/c1-12-17(29-19(21-12)22-13(2)26)15-11-28-20(23-15)25-10-9-24(3)16(18(25)27)14-7-5-4-6-8-14;/h4-8,11,16H,9-10H2,1-3H3,(H,21,22,26);1H. The third-order valence-corrected chi connectivity index (χ3v) is 6.73. The predicted octanol–water partition coefficient (Wildman–Crippen LogP) is 3.97. The number of thiazole rings is 2. The molecule has 4 rings (SSSR count). The lowest BCUT2D eigenvalue weighted by Gasteiger charge is -2.37. The van der Waals surface area contributed by atoms with Crippen molar-refractivity contribution in [2.75, 3.05) is 30.4 Å². The van der Waals surface area contributed by atoms with Gasteiger partial charge in [-0.1, -0.05) is 41.7 Å². The minimum atomic E-state index is -0.311. The highest BCUT2D eigenvalue weighted by Gasteiger charge is 2.35. The highest BCUT2D eigenvalue weighted by atomic mass is 35.5. The molecule has 2 aromatic heterocycles. The zero-order valence-corrected chi connectivity index (χ0v) is 19.2. The predicted molar refractivity (Wildman–Crippen MR) is 124 cm³/mol. The molecule has 0 bridgehead atoms. The molecule has 0 radical (unpaired) electrons. The first-order valence-electron chi connectivity index (χ1n) is 9.21. The van der Waals surface area contributed by atoms with Gasteiger partial charge in [-0.15, -0.1) is 23.7 Å². The SMILES string of the molecule is CC(=O)Nc1nc(C)c(-c2csc(N3CCN(C)C(c4ccccc4)C3=O)n2)s1.Cl. The number of halogens is 1. The summed E-state index contributed by atoms with van der Waals surface area (Å²) < 4.78 is 0. The first-order chi connectivity index (χ1) is 13.9. The molecule has 158 valence electrons. The van der Waals surface area contributed by atoms with Crippen molar-refractivity contribution in [1.82, 2.24) is 14.9 Å². The molecule has 30 heavy (non-hydrogen) atoms. The Labute approximate surface area is 189 Å². The number of anilines is 2. The van der Waals surface area contributed by atoms with Crippen LogP contribution in [-0.4, -0.2) is 46.8 Å². The van der Waals surface area contributed by atoms with Crippen molar-refractivity contribution in [2.45, 2.75) is 19.9 Å². The van der Waals surface area contributed by atoms with Gasteiger partial charge >= 0.3 is 0 Å². The van der Waals surface area contributed by atoms with Crippen LogP contribution in [0.1, 0.15) is 24.2 Å². The Morgan fingerprint density at radius 3 is 2.63 bits per heavy atom. The third kappa shape index (κ3) is 4.39. The van der Waals surface area contributed by atoms with Gasteiger partial charge in [-0.05, 0) is 19.5 Å². The lowest BCUT2D eigenvalue weighted by molar-refractivity contribution is -0.125. The lowest BCUT2D eigenvalue weighted by Crippen LogP contribution is -2.51. The summed E-state index contributed by atoms with van der Waals surface area (Å²) in [7, 11) is 1.98. The maximum Gasteiger partial charge on any atom is 0.250 e. The molecule has 1 fully saturated rings. The van der Waals surface area contributed by atoms with Crippen molar-refractivity contribution in [3.63, 3.8) is 0 Å². The maximum atomic E-state index is 13.3. The third-order valence-electron chi connectivity index (χ3n) is 4.77. The molecule has 0 spiro atoms. The number of piperazine rings is 1. The summed E-state index contributed by atoms with van der Waals surface area (Å²) in [5, 5.41) is 5.90. The van der Waals surface area contributed by atoms with Gasteiger partial charge in [0.25, 0.3) is 5.91 Å². The number of rotatable bonds is 4. The second-order valence-corrected chi connectivity index (χ2v) is 8.75. The monoisotopic (exact) mass is 463 g/mol. The van der Waals surface area contributed by atoms with Crippen molar-refractivity contribution in [2.24, 2.45) is 0 Å². The van der Waals surface area contributed by atoms with Crippen molar-refractivity contribution < 1.29 is 9.59 Å². The smallest absolute Gasteiger partial charge is 0.250 e. The molecule has 1 atom stereocenters. The molecule has 1 aliphatic rings. The number of aromatic nitrogens is 2. The van der Waals surface area contributed by atoms with Crippen LogP contribution in [0.2, 0.25) is 0 Å². The number of nitrogens with zero attached hydrogens (tertiary/aromatic N) is 4. The first kappa shape index (κ1) is 22.4. The second-order valence-electron chi connectivity index (χ2n) is 6.91. The number of nitrogens with one attached hydrogen (secondary N) is 1. The highest BCUT2D eigenvalue weighted by Crippen LogP contribution is 2.37. The van der Waals surface area contributed by atoms with E-state index in [2.05, 4.69) is 15.2 Å². The summed E-state index contributed by atoms with van der Waals surface area (Å²) in [6, 6.07) is 9.52. The minimum absolute atomic E-state index is 0. The topological polar surface area (TPSA) is 78.4 Å². The summed E-state index contributed by atoms with van der Waals surface area (Å²) in [5.74, 6) is -0.120. The van der Waals surface area contributed by atoms with Gasteiger partial charge in [0.15, 0.2) is 10.3 Å². The van der Waals surface area contributed by atoms with Crippen LogP contribution in [0.5, 0.6) is 0 Å². The van der Waals surface area contributed by atoms with Crippen molar-refractivity contribution in [3.8, 4) is 10.6 Å².